The summed E-state index contributed by atoms with van der Waals surface area (Å²) in [4.78, 5) is 10.3. The highest BCUT2D eigenvalue weighted by molar-refractivity contribution is 7.99. The van der Waals surface area contributed by atoms with Crippen LogP contribution in [0, 0.1) is 13.8 Å². The topological polar surface area (TPSA) is 37.3 Å². The van der Waals surface area contributed by atoms with Gasteiger partial charge in [-0.15, -0.1) is 0 Å². The lowest BCUT2D eigenvalue weighted by atomic mass is 10.1. The molecule has 0 fully saturated rings. The molecule has 0 heterocycles. The quantitative estimate of drug-likeness (QED) is 0.774. The molecule has 0 saturated heterocycles. The van der Waals surface area contributed by atoms with Crippen molar-refractivity contribution in [1.82, 2.24) is 0 Å². The molecule has 2 nitrogen and oxygen atoms in total. The van der Waals surface area contributed by atoms with Crippen molar-refractivity contribution in [1.29, 1.82) is 0 Å². The molecule has 0 amide bonds. The Kier molecular flexibility index (Phi) is 5.39. The van der Waals surface area contributed by atoms with Gasteiger partial charge < -0.3 is 5.11 Å². The summed E-state index contributed by atoms with van der Waals surface area (Å²) in [5.74, 6) is 0.995. The van der Waals surface area contributed by atoms with Gasteiger partial charge in [-0.2, -0.15) is 11.8 Å². The summed E-state index contributed by atoms with van der Waals surface area (Å²) in [6.07, 6.45) is 1.28. The highest BCUT2D eigenvalue weighted by atomic mass is 32.2. The van der Waals surface area contributed by atoms with Crippen LogP contribution in [0.2, 0.25) is 0 Å². The molecule has 0 aliphatic heterocycles. The van der Waals surface area contributed by atoms with Crippen LogP contribution >= 0.6 is 11.8 Å². The number of carbonyl (C=O) groups is 1. The maximum absolute atomic E-state index is 10.3. The first kappa shape index (κ1) is 13.1. The Morgan fingerprint density at radius 1 is 1.25 bits per heavy atom. The average Bonchev–Trinajstić information content (AvgIpc) is 2.22. The van der Waals surface area contributed by atoms with Crippen molar-refractivity contribution in [3.8, 4) is 0 Å². The van der Waals surface area contributed by atoms with E-state index >= 15 is 0 Å². The molecule has 0 spiro atoms. The van der Waals surface area contributed by atoms with Crippen LogP contribution in [-0.2, 0) is 11.2 Å². The van der Waals surface area contributed by atoms with Crippen LogP contribution in [0.15, 0.2) is 18.2 Å². The highest BCUT2D eigenvalue weighted by Gasteiger charge is 1.99. The zero-order valence-electron chi connectivity index (χ0n) is 9.82. The normalized spacial score (nSPS) is 10.4. The van der Waals surface area contributed by atoms with E-state index < -0.39 is 5.97 Å². The molecule has 0 saturated carbocycles. The van der Waals surface area contributed by atoms with E-state index in [-0.39, 0.29) is 6.42 Å². The van der Waals surface area contributed by atoms with Gasteiger partial charge in [0.1, 0.15) is 0 Å². The SMILES string of the molecule is Cc1ccc(CCSCCC(=O)O)cc1C. The van der Waals surface area contributed by atoms with Gasteiger partial charge in [0.05, 0.1) is 6.42 Å². The largest absolute Gasteiger partial charge is 0.481 e. The van der Waals surface area contributed by atoms with E-state index in [9.17, 15) is 4.79 Å². The first-order valence-electron chi connectivity index (χ1n) is 5.45. The number of aryl methyl sites for hydroxylation is 3. The van der Waals surface area contributed by atoms with E-state index in [1.807, 2.05) is 0 Å². The van der Waals surface area contributed by atoms with Gasteiger partial charge in [-0.25, -0.2) is 0 Å². The number of rotatable bonds is 6. The first-order chi connectivity index (χ1) is 7.59. The van der Waals surface area contributed by atoms with Crippen LogP contribution in [0.4, 0.5) is 0 Å². The minimum Gasteiger partial charge on any atom is -0.481 e. The molecule has 0 atom stereocenters. The second-order valence-corrected chi connectivity index (χ2v) is 5.15. The van der Waals surface area contributed by atoms with E-state index in [1.54, 1.807) is 11.8 Å². The molecule has 1 rings (SSSR count). The monoisotopic (exact) mass is 238 g/mol. The van der Waals surface area contributed by atoms with Crippen molar-refractivity contribution < 1.29 is 9.90 Å². The molecule has 1 aromatic rings. The average molecular weight is 238 g/mol. The van der Waals surface area contributed by atoms with Gasteiger partial charge in [0, 0.05) is 5.75 Å². The predicted molar refractivity (Wildman–Crippen MR) is 69.2 cm³/mol. The standard InChI is InChI=1S/C13H18O2S/c1-10-3-4-12(9-11(10)2)5-7-16-8-6-13(14)15/h3-4,9H,5-8H2,1-2H3,(H,14,15). The van der Waals surface area contributed by atoms with Gasteiger partial charge in [-0.05, 0) is 42.7 Å². The third kappa shape index (κ3) is 4.71. The summed E-state index contributed by atoms with van der Waals surface area (Å²) < 4.78 is 0. The van der Waals surface area contributed by atoms with Crippen molar-refractivity contribution in [2.45, 2.75) is 26.7 Å². The molecular weight excluding hydrogens is 220 g/mol. The molecule has 3 heteroatoms. The molecule has 1 aromatic carbocycles. The molecule has 0 bridgehead atoms. The van der Waals surface area contributed by atoms with Crippen LogP contribution < -0.4 is 0 Å². The third-order valence-corrected chi connectivity index (χ3v) is 3.55. The zero-order valence-corrected chi connectivity index (χ0v) is 10.6. The summed E-state index contributed by atoms with van der Waals surface area (Å²) in [6.45, 7) is 4.23. The lowest BCUT2D eigenvalue weighted by molar-refractivity contribution is -0.136. The Morgan fingerprint density at radius 2 is 2.00 bits per heavy atom. The van der Waals surface area contributed by atoms with E-state index in [1.165, 1.54) is 16.7 Å². The summed E-state index contributed by atoms with van der Waals surface area (Å²) >= 11 is 1.71. The van der Waals surface area contributed by atoms with Gasteiger partial charge >= 0.3 is 5.97 Å². The third-order valence-electron chi connectivity index (χ3n) is 2.57. The Balaban J connectivity index is 2.27. The maximum Gasteiger partial charge on any atom is 0.304 e. The molecule has 0 aliphatic carbocycles. The summed E-state index contributed by atoms with van der Waals surface area (Å²) in [5, 5.41) is 8.48. The Hall–Kier alpha value is -0.960. The second-order valence-electron chi connectivity index (χ2n) is 3.92. The van der Waals surface area contributed by atoms with Crippen molar-refractivity contribution in [3.05, 3.63) is 34.9 Å². The first-order valence-corrected chi connectivity index (χ1v) is 6.60. The Labute approximate surface area is 101 Å². The van der Waals surface area contributed by atoms with E-state index in [2.05, 4.69) is 32.0 Å². The van der Waals surface area contributed by atoms with E-state index in [4.69, 9.17) is 5.11 Å². The molecule has 88 valence electrons. The molecular formula is C13H18O2S. The fourth-order valence-corrected chi connectivity index (χ4v) is 2.31. The van der Waals surface area contributed by atoms with Gasteiger partial charge in [0.2, 0.25) is 0 Å². The smallest absolute Gasteiger partial charge is 0.304 e. The van der Waals surface area contributed by atoms with Crippen molar-refractivity contribution in [2.24, 2.45) is 0 Å². The van der Waals surface area contributed by atoms with Crippen molar-refractivity contribution >= 4 is 17.7 Å². The number of carboxylic acids is 1. The number of aliphatic carboxylic acids is 1. The second kappa shape index (κ2) is 6.59. The van der Waals surface area contributed by atoms with Gasteiger partial charge in [-0.3, -0.25) is 4.79 Å². The number of benzene rings is 1. The predicted octanol–water partition coefficient (Wildman–Crippen LogP) is 3.05. The fraction of sp³-hybridized carbons (Fsp3) is 0.462. The molecule has 1 N–H and O–H groups in total. The summed E-state index contributed by atoms with van der Waals surface area (Å²) in [5.41, 5.74) is 3.99. The van der Waals surface area contributed by atoms with Crippen molar-refractivity contribution in [2.75, 3.05) is 11.5 Å². The van der Waals surface area contributed by atoms with Crippen LogP contribution in [0.25, 0.3) is 0 Å². The highest BCUT2D eigenvalue weighted by Crippen LogP contribution is 2.13. The number of hydrogen-bond donors (Lipinski definition) is 1. The number of carboxylic acid groups (broad SMARTS) is 1. The Bertz CT molecular complexity index is 361. The fourth-order valence-electron chi connectivity index (χ4n) is 1.41. The van der Waals surface area contributed by atoms with Crippen LogP contribution in [0.1, 0.15) is 23.1 Å². The number of thioether (sulfide) groups is 1. The lowest BCUT2D eigenvalue weighted by Gasteiger charge is -2.04. The molecule has 0 aliphatic rings. The van der Waals surface area contributed by atoms with Crippen molar-refractivity contribution in [3.63, 3.8) is 0 Å². The minimum absolute atomic E-state index is 0.262. The van der Waals surface area contributed by atoms with Gasteiger partial charge in [-0.1, -0.05) is 18.2 Å². The lowest BCUT2D eigenvalue weighted by Crippen LogP contribution is -1.98. The summed E-state index contributed by atoms with van der Waals surface area (Å²) in [6, 6.07) is 6.51. The molecule has 16 heavy (non-hydrogen) atoms. The van der Waals surface area contributed by atoms with E-state index in [0.717, 1.165) is 12.2 Å². The van der Waals surface area contributed by atoms with Gasteiger partial charge in [0.15, 0.2) is 0 Å². The zero-order chi connectivity index (χ0) is 12.0. The van der Waals surface area contributed by atoms with Crippen LogP contribution in [0.5, 0.6) is 0 Å². The minimum atomic E-state index is -0.710. The summed E-state index contributed by atoms with van der Waals surface area (Å²) in [7, 11) is 0. The molecule has 0 radical (unpaired) electrons. The van der Waals surface area contributed by atoms with Crippen LogP contribution in [-0.4, -0.2) is 22.6 Å². The molecule has 0 unspecified atom stereocenters. The maximum atomic E-state index is 10.3. The number of hydrogen-bond acceptors (Lipinski definition) is 2. The Morgan fingerprint density at radius 3 is 2.62 bits per heavy atom. The van der Waals surface area contributed by atoms with E-state index in [0.29, 0.717) is 5.75 Å². The molecule has 0 aromatic heterocycles. The van der Waals surface area contributed by atoms with Gasteiger partial charge in [0.25, 0.3) is 0 Å². The van der Waals surface area contributed by atoms with Crippen LogP contribution in [0.3, 0.4) is 0 Å².